The summed E-state index contributed by atoms with van der Waals surface area (Å²) in [4.78, 5) is 11.9. The third-order valence-electron chi connectivity index (χ3n) is 5.00. The van der Waals surface area contributed by atoms with E-state index in [1.54, 1.807) is 6.92 Å². The van der Waals surface area contributed by atoms with Gasteiger partial charge in [0.2, 0.25) is 0 Å². The molecule has 2 nitrogen and oxygen atoms in total. The summed E-state index contributed by atoms with van der Waals surface area (Å²) in [5.41, 5.74) is 0.333. The van der Waals surface area contributed by atoms with Gasteiger partial charge in [-0.25, -0.2) is 4.79 Å². The lowest BCUT2D eigenvalue weighted by Gasteiger charge is -2.49. The van der Waals surface area contributed by atoms with Crippen LogP contribution in [-0.4, -0.2) is 11.6 Å². The summed E-state index contributed by atoms with van der Waals surface area (Å²) in [7, 11) is 0. The summed E-state index contributed by atoms with van der Waals surface area (Å²) in [6, 6.07) is 0. The second-order valence-electron chi connectivity index (χ2n) is 6.13. The highest BCUT2D eigenvalue weighted by Crippen LogP contribution is 2.49. The Morgan fingerprint density at radius 3 is 2.61 bits per heavy atom. The van der Waals surface area contributed by atoms with Gasteiger partial charge in [-0.05, 0) is 44.9 Å². The molecule has 2 aliphatic rings. The molecule has 0 aliphatic heterocycles. The third-order valence-corrected chi connectivity index (χ3v) is 5.00. The molecule has 0 bridgehead atoms. The summed E-state index contributed by atoms with van der Waals surface area (Å²) in [6.07, 6.45) is 9.76. The maximum Gasteiger partial charge on any atom is 0.333 e. The molecule has 0 spiro atoms. The van der Waals surface area contributed by atoms with E-state index in [-0.39, 0.29) is 11.6 Å². The molecule has 0 radical (unpaired) electrons. The van der Waals surface area contributed by atoms with E-state index in [9.17, 15) is 4.79 Å². The van der Waals surface area contributed by atoms with Crippen LogP contribution in [0.5, 0.6) is 0 Å². The Morgan fingerprint density at radius 1 is 1.28 bits per heavy atom. The van der Waals surface area contributed by atoms with Gasteiger partial charge in [-0.2, -0.15) is 0 Å². The zero-order valence-electron chi connectivity index (χ0n) is 11.8. The fourth-order valence-corrected chi connectivity index (χ4v) is 4.00. The molecule has 0 aromatic rings. The van der Waals surface area contributed by atoms with Crippen molar-refractivity contribution in [2.24, 2.45) is 11.8 Å². The van der Waals surface area contributed by atoms with Crippen LogP contribution in [0.25, 0.3) is 0 Å². The van der Waals surface area contributed by atoms with Gasteiger partial charge < -0.3 is 4.74 Å². The number of carbonyl (C=O) groups excluding carboxylic acids is 1. The van der Waals surface area contributed by atoms with E-state index >= 15 is 0 Å². The minimum atomic E-state index is -0.195. The molecule has 2 heteroatoms. The summed E-state index contributed by atoms with van der Waals surface area (Å²) < 4.78 is 5.92. The molecule has 0 amide bonds. The minimum Gasteiger partial charge on any atom is -0.455 e. The molecule has 0 heterocycles. The molecule has 102 valence electrons. The highest BCUT2D eigenvalue weighted by atomic mass is 16.6. The predicted octanol–water partition coefficient (Wildman–Crippen LogP) is 4.24. The summed E-state index contributed by atoms with van der Waals surface area (Å²) in [5, 5.41) is 0. The smallest absolute Gasteiger partial charge is 0.333 e. The second kappa shape index (κ2) is 5.46. The van der Waals surface area contributed by atoms with Crippen LogP contribution in [-0.2, 0) is 9.53 Å². The van der Waals surface area contributed by atoms with Crippen LogP contribution in [0.3, 0.4) is 0 Å². The zero-order valence-corrected chi connectivity index (χ0v) is 11.8. The van der Waals surface area contributed by atoms with Crippen molar-refractivity contribution >= 4 is 5.97 Å². The molecule has 2 fully saturated rings. The summed E-state index contributed by atoms with van der Waals surface area (Å²) in [5.74, 6) is 1.18. The number of rotatable bonds is 3. The highest BCUT2D eigenvalue weighted by Gasteiger charge is 2.47. The molecule has 3 atom stereocenters. The molecule has 2 saturated carbocycles. The molecule has 0 aromatic carbocycles. The first kappa shape index (κ1) is 13.6. The van der Waals surface area contributed by atoms with Crippen LogP contribution in [0.4, 0.5) is 0 Å². The normalized spacial score (nSPS) is 35.7. The second-order valence-corrected chi connectivity index (χ2v) is 6.13. The molecular weight excluding hydrogens is 224 g/mol. The van der Waals surface area contributed by atoms with Gasteiger partial charge in [0.05, 0.1) is 0 Å². The van der Waals surface area contributed by atoms with Crippen molar-refractivity contribution < 1.29 is 9.53 Å². The van der Waals surface area contributed by atoms with Gasteiger partial charge in [0, 0.05) is 11.5 Å². The molecule has 18 heavy (non-hydrogen) atoms. The van der Waals surface area contributed by atoms with Crippen molar-refractivity contribution in [3.8, 4) is 0 Å². The van der Waals surface area contributed by atoms with Crippen LogP contribution in [0.2, 0.25) is 0 Å². The molecule has 0 saturated heterocycles. The first-order chi connectivity index (χ1) is 8.59. The number of fused-ring (bicyclic) bond motifs is 1. The minimum absolute atomic E-state index is 0.192. The van der Waals surface area contributed by atoms with Crippen molar-refractivity contribution in [2.75, 3.05) is 0 Å². The van der Waals surface area contributed by atoms with Crippen LogP contribution in [0.1, 0.15) is 65.2 Å². The number of ether oxygens (including phenoxy) is 1. The van der Waals surface area contributed by atoms with E-state index in [0.717, 1.165) is 18.8 Å². The first-order valence-corrected chi connectivity index (χ1v) is 7.48. The Bertz CT molecular complexity index is 332. The van der Waals surface area contributed by atoms with Gasteiger partial charge in [-0.1, -0.05) is 32.8 Å². The molecule has 0 aromatic heterocycles. The Hall–Kier alpha value is -0.790. The van der Waals surface area contributed by atoms with E-state index in [2.05, 4.69) is 13.5 Å². The monoisotopic (exact) mass is 250 g/mol. The lowest BCUT2D eigenvalue weighted by Crippen LogP contribution is -2.49. The average Bonchev–Trinajstić information content (AvgIpc) is 2.39. The Balaban J connectivity index is 2.17. The summed E-state index contributed by atoms with van der Waals surface area (Å²) in [6.45, 7) is 7.63. The van der Waals surface area contributed by atoms with Gasteiger partial charge in [0.1, 0.15) is 5.60 Å². The van der Waals surface area contributed by atoms with Gasteiger partial charge in [-0.15, -0.1) is 0 Å². The quantitative estimate of drug-likeness (QED) is 0.553. The van der Waals surface area contributed by atoms with Crippen LogP contribution in [0, 0.1) is 11.8 Å². The number of carbonyl (C=O) groups is 1. The fourth-order valence-electron chi connectivity index (χ4n) is 4.00. The molecule has 3 unspecified atom stereocenters. The largest absolute Gasteiger partial charge is 0.455 e. The average molecular weight is 250 g/mol. The van der Waals surface area contributed by atoms with Gasteiger partial charge in [0.25, 0.3) is 0 Å². The number of esters is 1. The van der Waals surface area contributed by atoms with Crippen molar-refractivity contribution in [1.29, 1.82) is 0 Å². The zero-order chi connectivity index (χ0) is 13.2. The third kappa shape index (κ3) is 2.48. The molecule has 2 aliphatic carbocycles. The van der Waals surface area contributed by atoms with Crippen LogP contribution < -0.4 is 0 Å². The lowest BCUT2D eigenvalue weighted by molar-refractivity contribution is -0.174. The van der Waals surface area contributed by atoms with Crippen molar-refractivity contribution in [2.45, 2.75) is 70.8 Å². The van der Waals surface area contributed by atoms with Crippen LogP contribution >= 0.6 is 0 Å². The standard InChI is InChI=1S/C16H26O2/c1-4-16(18-15(17)12(2)3)11-7-9-13-8-5-6-10-14(13)16/h13-14H,2,4-11H2,1,3H3. The van der Waals surface area contributed by atoms with Crippen molar-refractivity contribution in [1.82, 2.24) is 0 Å². The van der Waals surface area contributed by atoms with Gasteiger partial charge in [-0.3, -0.25) is 0 Å². The topological polar surface area (TPSA) is 26.3 Å². The maximum atomic E-state index is 11.9. The van der Waals surface area contributed by atoms with Gasteiger partial charge in [0.15, 0.2) is 0 Å². The van der Waals surface area contributed by atoms with Crippen molar-refractivity contribution in [3.05, 3.63) is 12.2 Å². The van der Waals surface area contributed by atoms with E-state index in [1.807, 2.05) is 0 Å². The van der Waals surface area contributed by atoms with E-state index in [0.29, 0.717) is 11.5 Å². The van der Waals surface area contributed by atoms with E-state index in [4.69, 9.17) is 4.74 Å². The fraction of sp³-hybridized carbons (Fsp3) is 0.812. The maximum absolute atomic E-state index is 11.9. The van der Waals surface area contributed by atoms with Gasteiger partial charge >= 0.3 is 5.97 Å². The first-order valence-electron chi connectivity index (χ1n) is 7.48. The Labute approximate surface area is 111 Å². The van der Waals surface area contributed by atoms with Crippen molar-refractivity contribution in [3.63, 3.8) is 0 Å². The number of hydrogen-bond donors (Lipinski definition) is 0. The SMILES string of the molecule is C=C(C)C(=O)OC1(CC)CCCC2CCCCC21. The van der Waals surface area contributed by atoms with E-state index in [1.165, 1.54) is 38.5 Å². The van der Waals surface area contributed by atoms with Crippen LogP contribution in [0.15, 0.2) is 12.2 Å². The van der Waals surface area contributed by atoms with E-state index < -0.39 is 0 Å². The predicted molar refractivity (Wildman–Crippen MR) is 73.2 cm³/mol. The Kier molecular flexibility index (Phi) is 4.14. The highest BCUT2D eigenvalue weighted by molar-refractivity contribution is 5.87. The molecule has 2 rings (SSSR count). The Morgan fingerprint density at radius 2 is 1.94 bits per heavy atom. The molecular formula is C16H26O2. The lowest BCUT2D eigenvalue weighted by atomic mass is 9.62. The number of hydrogen-bond acceptors (Lipinski definition) is 2. The summed E-state index contributed by atoms with van der Waals surface area (Å²) >= 11 is 0. The molecule has 0 N–H and O–H groups in total.